The van der Waals surface area contributed by atoms with Crippen molar-refractivity contribution in [3.8, 4) is 0 Å². The molecular weight excluding hydrogens is 156 g/mol. The number of hydrogen-bond donors (Lipinski definition) is 1. The Morgan fingerprint density at radius 3 is 2.33 bits per heavy atom. The van der Waals surface area contributed by atoms with Crippen molar-refractivity contribution >= 4 is 0 Å². The Morgan fingerprint density at radius 2 is 1.92 bits per heavy atom. The molecule has 2 aliphatic heterocycles. The van der Waals surface area contributed by atoms with E-state index in [1.807, 2.05) is 6.92 Å². The van der Waals surface area contributed by atoms with Crippen molar-refractivity contribution in [2.45, 2.75) is 18.6 Å². The van der Waals surface area contributed by atoms with Gasteiger partial charge in [0.15, 0.2) is 0 Å². The maximum absolute atomic E-state index is 9.48. The van der Waals surface area contributed by atoms with Gasteiger partial charge in [-0.2, -0.15) is 0 Å². The summed E-state index contributed by atoms with van der Waals surface area (Å²) in [5, 5.41) is 13.9. The first-order valence-corrected chi connectivity index (χ1v) is 4.36. The van der Waals surface area contributed by atoms with Crippen molar-refractivity contribution in [1.82, 2.24) is 10.0 Å². The Balaban J connectivity index is 1.71. The maximum atomic E-state index is 9.48. The molecule has 0 aromatic carbocycles. The number of ether oxygens (including phenoxy) is 1. The summed E-state index contributed by atoms with van der Waals surface area (Å²) in [7, 11) is 1.74. The number of hydrazine groups is 1. The summed E-state index contributed by atoms with van der Waals surface area (Å²) in [5.41, 5.74) is -0.460. The molecule has 0 bridgehead atoms. The fourth-order valence-electron chi connectivity index (χ4n) is 1.74. The number of nitrogens with zero attached hydrogens (tertiary/aromatic N) is 2. The summed E-state index contributed by atoms with van der Waals surface area (Å²) in [4.78, 5) is 0. The molecule has 2 rings (SSSR count). The Labute approximate surface area is 72.7 Å². The molecule has 0 unspecified atom stereocenters. The van der Waals surface area contributed by atoms with Crippen LogP contribution in [-0.2, 0) is 4.74 Å². The highest BCUT2D eigenvalue weighted by Gasteiger charge is 2.43. The molecule has 70 valence electrons. The number of aliphatic hydroxyl groups is 1. The number of rotatable bonds is 2. The molecule has 0 aromatic rings. The minimum absolute atomic E-state index is 0.399. The van der Waals surface area contributed by atoms with Gasteiger partial charge in [0, 0.05) is 33.3 Å². The van der Waals surface area contributed by atoms with Gasteiger partial charge in [-0.3, -0.25) is 0 Å². The zero-order valence-corrected chi connectivity index (χ0v) is 7.66. The smallest absolute Gasteiger partial charge is 0.0900 e. The van der Waals surface area contributed by atoms with E-state index >= 15 is 0 Å². The topological polar surface area (TPSA) is 35.9 Å². The molecule has 0 aliphatic carbocycles. The average Bonchev–Trinajstić information content (AvgIpc) is 1.81. The minimum Gasteiger partial charge on any atom is -0.387 e. The molecule has 0 saturated carbocycles. The largest absolute Gasteiger partial charge is 0.387 e. The van der Waals surface area contributed by atoms with Gasteiger partial charge in [-0.15, -0.1) is 0 Å². The van der Waals surface area contributed by atoms with Gasteiger partial charge in [0.1, 0.15) is 0 Å². The Hall–Kier alpha value is -0.160. The fourth-order valence-corrected chi connectivity index (χ4v) is 1.74. The lowest BCUT2D eigenvalue weighted by Crippen LogP contribution is -2.71. The van der Waals surface area contributed by atoms with E-state index in [2.05, 4.69) is 10.0 Å². The Kier molecular flexibility index (Phi) is 1.88. The SMILES string of the molecule is COC1CN(N2CC(C)(O)C2)C1. The van der Waals surface area contributed by atoms with Crippen LogP contribution in [0.1, 0.15) is 6.92 Å². The van der Waals surface area contributed by atoms with Crippen LogP contribution < -0.4 is 0 Å². The van der Waals surface area contributed by atoms with Crippen LogP contribution in [0, 0.1) is 0 Å². The highest BCUT2D eigenvalue weighted by atomic mass is 16.5. The molecule has 2 fully saturated rings. The van der Waals surface area contributed by atoms with Crippen molar-refractivity contribution in [2.24, 2.45) is 0 Å². The summed E-state index contributed by atoms with van der Waals surface area (Å²) >= 11 is 0. The summed E-state index contributed by atoms with van der Waals surface area (Å²) in [5.74, 6) is 0. The van der Waals surface area contributed by atoms with E-state index < -0.39 is 5.60 Å². The molecule has 4 heteroatoms. The quantitative estimate of drug-likeness (QED) is 0.597. The van der Waals surface area contributed by atoms with Gasteiger partial charge >= 0.3 is 0 Å². The molecule has 4 nitrogen and oxygen atoms in total. The van der Waals surface area contributed by atoms with Gasteiger partial charge in [-0.1, -0.05) is 0 Å². The second kappa shape index (κ2) is 2.67. The van der Waals surface area contributed by atoms with E-state index in [9.17, 15) is 5.11 Å². The molecule has 0 spiro atoms. The van der Waals surface area contributed by atoms with E-state index in [0.29, 0.717) is 6.10 Å². The fraction of sp³-hybridized carbons (Fsp3) is 1.00. The van der Waals surface area contributed by atoms with Crippen LogP contribution in [-0.4, -0.2) is 60.1 Å². The normalized spacial score (nSPS) is 31.2. The van der Waals surface area contributed by atoms with Crippen molar-refractivity contribution in [1.29, 1.82) is 0 Å². The van der Waals surface area contributed by atoms with E-state index in [1.165, 1.54) is 0 Å². The lowest BCUT2D eigenvalue weighted by atomic mass is 9.98. The molecule has 2 heterocycles. The predicted molar refractivity (Wildman–Crippen MR) is 44.6 cm³/mol. The Bertz CT molecular complexity index is 170. The predicted octanol–water partition coefficient (Wildman–Crippen LogP) is -0.701. The minimum atomic E-state index is -0.460. The highest BCUT2D eigenvalue weighted by Crippen LogP contribution is 2.25. The molecule has 0 amide bonds. The third-order valence-corrected chi connectivity index (χ3v) is 2.61. The standard InChI is InChI=1S/C8H16N2O2/c1-8(11)5-10(6-8)9-3-7(4-9)12-2/h7,11H,3-6H2,1-2H3. The molecule has 0 atom stereocenters. The molecule has 2 saturated heterocycles. The zero-order valence-electron chi connectivity index (χ0n) is 7.66. The Morgan fingerprint density at radius 1 is 1.33 bits per heavy atom. The number of methoxy groups -OCH3 is 1. The third-order valence-electron chi connectivity index (χ3n) is 2.61. The van der Waals surface area contributed by atoms with E-state index in [0.717, 1.165) is 26.2 Å². The van der Waals surface area contributed by atoms with Crippen LogP contribution in [0.15, 0.2) is 0 Å². The zero-order chi connectivity index (χ0) is 8.77. The van der Waals surface area contributed by atoms with Crippen LogP contribution in [0.2, 0.25) is 0 Å². The first-order valence-electron chi connectivity index (χ1n) is 4.36. The van der Waals surface area contributed by atoms with Gasteiger partial charge in [-0.25, -0.2) is 10.0 Å². The average molecular weight is 172 g/mol. The van der Waals surface area contributed by atoms with Crippen LogP contribution in [0.3, 0.4) is 0 Å². The molecule has 0 radical (unpaired) electrons. The van der Waals surface area contributed by atoms with Gasteiger partial charge in [0.2, 0.25) is 0 Å². The molecule has 2 aliphatic rings. The highest BCUT2D eigenvalue weighted by molar-refractivity contribution is 4.93. The lowest BCUT2D eigenvalue weighted by molar-refractivity contribution is -0.233. The van der Waals surface area contributed by atoms with Crippen molar-refractivity contribution in [2.75, 3.05) is 33.3 Å². The summed E-state index contributed by atoms with van der Waals surface area (Å²) in [6.45, 7) is 5.36. The van der Waals surface area contributed by atoms with E-state index in [1.54, 1.807) is 7.11 Å². The summed E-state index contributed by atoms with van der Waals surface area (Å²) in [6, 6.07) is 0. The molecule has 1 N–H and O–H groups in total. The summed E-state index contributed by atoms with van der Waals surface area (Å²) in [6.07, 6.45) is 0.399. The number of hydrogen-bond acceptors (Lipinski definition) is 4. The maximum Gasteiger partial charge on any atom is 0.0900 e. The van der Waals surface area contributed by atoms with E-state index in [4.69, 9.17) is 4.74 Å². The molecule has 12 heavy (non-hydrogen) atoms. The molecule has 0 aromatic heterocycles. The van der Waals surface area contributed by atoms with Crippen molar-refractivity contribution in [3.63, 3.8) is 0 Å². The first kappa shape index (κ1) is 8.44. The first-order chi connectivity index (χ1) is 5.61. The van der Waals surface area contributed by atoms with Crippen LogP contribution in [0.25, 0.3) is 0 Å². The summed E-state index contributed by atoms with van der Waals surface area (Å²) < 4.78 is 5.16. The van der Waals surface area contributed by atoms with Crippen LogP contribution in [0.4, 0.5) is 0 Å². The number of β-amino-alcohol motifs (C(OH)–C–C–N with tert-alkyl or cyclic N) is 1. The van der Waals surface area contributed by atoms with Crippen LogP contribution in [0.5, 0.6) is 0 Å². The van der Waals surface area contributed by atoms with Gasteiger partial charge in [0.05, 0.1) is 11.7 Å². The second-order valence-corrected chi connectivity index (χ2v) is 4.05. The van der Waals surface area contributed by atoms with Gasteiger partial charge < -0.3 is 9.84 Å². The van der Waals surface area contributed by atoms with Crippen molar-refractivity contribution < 1.29 is 9.84 Å². The van der Waals surface area contributed by atoms with Gasteiger partial charge in [0.25, 0.3) is 0 Å². The monoisotopic (exact) mass is 172 g/mol. The van der Waals surface area contributed by atoms with E-state index in [-0.39, 0.29) is 0 Å². The lowest BCUT2D eigenvalue weighted by Gasteiger charge is -2.54. The second-order valence-electron chi connectivity index (χ2n) is 4.05. The third kappa shape index (κ3) is 1.35. The van der Waals surface area contributed by atoms with Crippen molar-refractivity contribution in [3.05, 3.63) is 0 Å². The van der Waals surface area contributed by atoms with Crippen LogP contribution >= 0.6 is 0 Å². The molecular formula is C8H16N2O2. The van der Waals surface area contributed by atoms with Gasteiger partial charge in [-0.05, 0) is 6.92 Å².